The van der Waals surface area contributed by atoms with E-state index in [2.05, 4.69) is 24.8 Å². The van der Waals surface area contributed by atoms with E-state index in [1.165, 1.54) is 11.8 Å². The number of benzene rings is 1. The first kappa shape index (κ1) is 33.5. The third-order valence-electron chi connectivity index (χ3n) is 10.9. The summed E-state index contributed by atoms with van der Waals surface area (Å²) < 4.78 is 5.45. The normalized spacial score (nSPS) is 40.2. The van der Waals surface area contributed by atoms with E-state index < -0.39 is 27.7 Å². The maximum Gasteiger partial charge on any atom is 0.316 e. The molecule has 45 heavy (non-hydrogen) atoms. The van der Waals surface area contributed by atoms with Crippen LogP contribution in [0.1, 0.15) is 37.7 Å². The molecule has 1 aliphatic heterocycles. The summed E-state index contributed by atoms with van der Waals surface area (Å²) in [5.41, 5.74) is 2.62. The fourth-order valence-corrected chi connectivity index (χ4v) is 11.9. The van der Waals surface area contributed by atoms with Crippen molar-refractivity contribution < 1.29 is 19.4 Å². The van der Waals surface area contributed by atoms with Gasteiger partial charge in [0.05, 0.1) is 35.9 Å². The topological polar surface area (TPSA) is 127 Å². The molecule has 1 heterocycles. The lowest BCUT2D eigenvalue weighted by molar-refractivity contribution is -0.198. The van der Waals surface area contributed by atoms with Gasteiger partial charge >= 0.3 is 5.97 Å². The highest BCUT2D eigenvalue weighted by Crippen LogP contribution is 2.80. The fraction of sp³-hybridized carbons (Fsp3) is 0.600. The van der Waals surface area contributed by atoms with E-state index in [0.29, 0.717) is 51.7 Å². The summed E-state index contributed by atoms with van der Waals surface area (Å²) in [5, 5.41) is 24.5. The van der Waals surface area contributed by atoms with Gasteiger partial charge in [0.25, 0.3) is 0 Å². The Hall–Kier alpha value is -1.44. The number of aliphatic hydroxyl groups is 1. The first-order valence-corrected chi connectivity index (χ1v) is 18.4. The van der Waals surface area contributed by atoms with Gasteiger partial charge in [-0.1, -0.05) is 24.4 Å². The molecule has 2 spiro atoms. The van der Waals surface area contributed by atoms with E-state index in [-0.39, 0.29) is 45.7 Å². The highest BCUT2D eigenvalue weighted by molar-refractivity contribution is 8.00. The Morgan fingerprint density at radius 1 is 1.38 bits per heavy atom. The Balaban J connectivity index is 1.13. The second-order valence-electron chi connectivity index (χ2n) is 13.4. The van der Waals surface area contributed by atoms with Gasteiger partial charge in [0.1, 0.15) is 19.7 Å². The number of ketones is 1. The lowest BCUT2D eigenvalue weighted by atomic mass is 9.35. The molecule has 9 nitrogen and oxygen atoms in total. The lowest BCUT2D eigenvalue weighted by Crippen LogP contribution is -2.74. The van der Waals surface area contributed by atoms with E-state index in [9.17, 15) is 14.7 Å². The summed E-state index contributed by atoms with van der Waals surface area (Å²) in [7, 11) is 4.81. The highest BCUT2D eigenvalue weighted by Gasteiger charge is 2.82. The van der Waals surface area contributed by atoms with Gasteiger partial charge in [0.2, 0.25) is 5.96 Å². The Bertz CT molecular complexity index is 1460. The van der Waals surface area contributed by atoms with Crippen LogP contribution in [0.2, 0.25) is 5.31 Å². The molecular formula is C30H39BN5O4PS4. The Labute approximate surface area is 287 Å². The number of guanidine groups is 1. The van der Waals surface area contributed by atoms with E-state index in [4.69, 9.17) is 47.6 Å². The van der Waals surface area contributed by atoms with Crippen LogP contribution in [0, 0.1) is 22.2 Å². The first-order valence-electron chi connectivity index (χ1n) is 15.3. The van der Waals surface area contributed by atoms with Crippen molar-refractivity contribution in [2.45, 2.75) is 70.2 Å². The van der Waals surface area contributed by atoms with Crippen LogP contribution in [0.25, 0.3) is 0 Å². The molecule has 4 saturated carbocycles. The van der Waals surface area contributed by atoms with Gasteiger partial charge in [-0.15, -0.1) is 21.0 Å². The average molecular weight is 704 g/mol. The third-order valence-corrected chi connectivity index (χ3v) is 15.2. The molecule has 3 N–H and O–H groups in total. The molecule has 10 atom stereocenters. The maximum atomic E-state index is 13.4. The largest absolute Gasteiger partial charge is 0.460 e. The number of hydrogen-bond donors (Lipinski definition) is 5. The van der Waals surface area contributed by atoms with Crippen LogP contribution in [-0.4, -0.2) is 107 Å². The van der Waals surface area contributed by atoms with Crippen molar-refractivity contribution in [2.75, 3.05) is 25.4 Å². The number of thiocarbonyl (C=S) groups is 1. The minimum atomic E-state index is -0.834. The number of carbonyl (C=O) groups excluding carboxylic acids is 2. The maximum absolute atomic E-state index is 13.4. The number of thiol groups is 2. The number of aliphatic hydroxyl groups excluding tert-OH is 1. The monoisotopic (exact) mass is 703 g/mol. The number of Topliss-reactive ketones (excluding diaryl/α,β-unsaturated/α-hetero) is 1. The summed E-state index contributed by atoms with van der Waals surface area (Å²) in [5.74, 6) is 0.0530. The standard InChI is InChI=1S/C30H39BN5O4PS4/c31-29(16-42)11-20(30(44)21(43)12-28-15-27(25(28)30,6-5-19(28)37)24(41)23(29)39)40-22(38)14-45-18-3-1-17(2-4-18)13-34-35-26(32)36-9-7-33-8-10-36/h1-4,7,13,16,20-21,23-25,39,43-44H,5-6,8-12,14-15,31,41H2,(H2,32,35)/b34-13+/t20-,21?,23?,24+,25?,27?,28?,29-,30+/m1/s1. The van der Waals surface area contributed by atoms with Crippen molar-refractivity contribution in [3.05, 3.63) is 29.8 Å². The molecule has 15 heteroatoms. The molecule has 1 aromatic rings. The summed E-state index contributed by atoms with van der Waals surface area (Å²) in [6, 6.07) is 7.62. The number of esters is 1. The number of carbonyl (C=O) groups is 2. The average Bonchev–Trinajstić information content (AvgIpc) is 3.23. The zero-order valence-corrected chi connectivity index (χ0v) is 29.7. The van der Waals surface area contributed by atoms with E-state index in [0.717, 1.165) is 10.5 Å². The van der Waals surface area contributed by atoms with Gasteiger partial charge in [-0.2, -0.15) is 30.4 Å². The number of nitrogens with zero attached hydrogens (tertiary/aromatic N) is 3. The predicted molar refractivity (Wildman–Crippen MR) is 196 cm³/mol. The fourth-order valence-electron chi connectivity index (χ4n) is 8.69. The third kappa shape index (κ3) is 5.53. The van der Waals surface area contributed by atoms with Crippen molar-refractivity contribution in [1.29, 1.82) is 5.41 Å². The van der Waals surface area contributed by atoms with Gasteiger partial charge in [-0.05, 0) is 65.4 Å². The highest BCUT2D eigenvalue weighted by atomic mass is 32.2. The van der Waals surface area contributed by atoms with Crippen LogP contribution in [0.3, 0.4) is 0 Å². The molecule has 5 aliphatic rings. The van der Waals surface area contributed by atoms with Crippen LogP contribution in [0.5, 0.6) is 0 Å². The zero-order valence-electron chi connectivity index (χ0n) is 25.1. The molecule has 0 amide bonds. The van der Waals surface area contributed by atoms with Crippen molar-refractivity contribution in [2.24, 2.45) is 26.8 Å². The van der Waals surface area contributed by atoms with Gasteiger partial charge in [0, 0.05) is 40.4 Å². The van der Waals surface area contributed by atoms with Gasteiger partial charge < -0.3 is 14.7 Å². The number of hydrogen-bond acceptors (Lipinski definition) is 11. The predicted octanol–water partition coefficient (Wildman–Crippen LogP) is 2.46. The quantitative estimate of drug-likeness (QED) is 0.0338. The molecule has 6 rings (SSSR count). The first-order chi connectivity index (χ1) is 21.4. The zero-order chi connectivity index (χ0) is 32.2. The molecule has 4 fully saturated rings. The van der Waals surface area contributed by atoms with E-state index >= 15 is 0 Å². The number of thioether (sulfide) groups is 1. The number of hydrazone groups is 1. The van der Waals surface area contributed by atoms with Crippen molar-refractivity contribution >= 4 is 102 Å². The van der Waals surface area contributed by atoms with Crippen LogP contribution in [-0.2, 0) is 14.3 Å². The van der Waals surface area contributed by atoms with Crippen molar-refractivity contribution in [3.63, 3.8) is 0 Å². The number of nitrogens with one attached hydrogen (secondary N) is 2. The lowest BCUT2D eigenvalue weighted by Gasteiger charge is -2.71. The Morgan fingerprint density at radius 3 is 2.82 bits per heavy atom. The second-order valence-corrected chi connectivity index (χ2v) is 16.8. The molecule has 0 radical (unpaired) electrons. The molecule has 1 aromatic carbocycles. The summed E-state index contributed by atoms with van der Waals surface area (Å²) in [6.45, 7) is 1.95. The number of ether oxygens (including phenoxy) is 1. The summed E-state index contributed by atoms with van der Waals surface area (Å²) in [6.07, 6.45) is 4.80. The molecule has 4 aliphatic carbocycles. The molecule has 6 unspecified atom stereocenters. The van der Waals surface area contributed by atoms with Crippen molar-refractivity contribution in [3.8, 4) is 0 Å². The number of rotatable bonds is 7. The number of aliphatic imine (C=N–C) groups is 1. The van der Waals surface area contributed by atoms with Crippen molar-refractivity contribution in [1.82, 2.24) is 10.3 Å². The van der Waals surface area contributed by atoms with Gasteiger partial charge in [-0.3, -0.25) is 20.0 Å². The van der Waals surface area contributed by atoms with Gasteiger partial charge in [-0.25, -0.2) is 5.43 Å². The smallest absolute Gasteiger partial charge is 0.316 e. The van der Waals surface area contributed by atoms with Crippen LogP contribution in [0.15, 0.2) is 39.3 Å². The van der Waals surface area contributed by atoms with E-state index in [1.54, 1.807) is 17.8 Å². The van der Waals surface area contributed by atoms with Crippen LogP contribution < -0.4 is 5.43 Å². The second kappa shape index (κ2) is 12.5. The van der Waals surface area contributed by atoms with Gasteiger partial charge in [0.15, 0.2) is 0 Å². The SMILES string of the molecule is B[C@@]1(C=S)C[C@@H](OC(=O)CSc2ccc(/C=N/NC(=N)N3CC=NCC3)cc2)[C@]2(S)C(S)CC34CC(CCC3=O)(C42)[C@@H](P)C1O. The summed E-state index contributed by atoms with van der Waals surface area (Å²) >= 11 is 17.2. The molecule has 240 valence electrons. The van der Waals surface area contributed by atoms with Crippen LogP contribution >= 0.6 is 58.5 Å². The minimum absolute atomic E-state index is 0.0892. The molecule has 0 saturated heterocycles. The summed E-state index contributed by atoms with van der Waals surface area (Å²) in [4.78, 5) is 33.7. The Morgan fingerprint density at radius 2 is 2.13 bits per heavy atom. The molecule has 2 bridgehead atoms. The minimum Gasteiger partial charge on any atom is -0.460 e. The Kier molecular flexibility index (Phi) is 9.33. The molecular weight excluding hydrogens is 664 g/mol. The molecule has 0 aromatic heterocycles. The van der Waals surface area contributed by atoms with Crippen LogP contribution in [0.4, 0.5) is 0 Å². The van der Waals surface area contributed by atoms with E-state index in [1.807, 2.05) is 37.0 Å².